The van der Waals surface area contributed by atoms with Gasteiger partial charge in [0.2, 0.25) is 15.9 Å². The quantitative estimate of drug-likeness (QED) is 0.791. The summed E-state index contributed by atoms with van der Waals surface area (Å²) in [7, 11) is -3.76. The second kappa shape index (κ2) is 5.90. The van der Waals surface area contributed by atoms with Gasteiger partial charge in [0.05, 0.1) is 18.4 Å². The van der Waals surface area contributed by atoms with E-state index in [1.807, 2.05) is 0 Å². The summed E-state index contributed by atoms with van der Waals surface area (Å²) in [5, 5.41) is 0.205. The van der Waals surface area contributed by atoms with Crippen molar-refractivity contribution in [1.82, 2.24) is 9.21 Å². The molecule has 0 N–H and O–H groups in total. The molecular formula is C16H18ClFN2O4S. The molecule has 0 aliphatic carbocycles. The summed E-state index contributed by atoms with van der Waals surface area (Å²) in [5.74, 6) is -1.01. The molecule has 2 atom stereocenters. The summed E-state index contributed by atoms with van der Waals surface area (Å²) in [6.45, 7) is 1.40. The predicted molar refractivity (Wildman–Crippen MR) is 88.8 cm³/mol. The van der Waals surface area contributed by atoms with Crippen LogP contribution < -0.4 is 0 Å². The fourth-order valence-corrected chi connectivity index (χ4v) is 6.24. The van der Waals surface area contributed by atoms with E-state index in [0.29, 0.717) is 19.6 Å². The first-order valence-corrected chi connectivity index (χ1v) is 10.2. The Balaban J connectivity index is 1.64. The van der Waals surface area contributed by atoms with Crippen LogP contribution in [0.2, 0.25) is 5.02 Å². The highest BCUT2D eigenvalue weighted by atomic mass is 35.5. The highest BCUT2D eigenvalue weighted by Crippen LogP contribution is 2.46. The molecule has 4 rings (SSSR count). The Kier molecular flexibility index (Phi) is 4.06. The first-order valence-electron chi connectivity index (χ1n) is 8.21. The summed E-state index contributed by atoms with van der Waals surface area (Å²) >= 11 is 6.02. The number of carbonyl (C=O) groups excluding carboxylic acids is 1. The third-order valence-electron chi connectivity index (χ3n) is 5.27. The fourth-order valence-electron chi connectivity index (χ4n) is 4.18. The third-order valence-corrected chi connectivity index (χ3v) is 7.46. The summed E-state index contributed by atoms with van der Waals surface area (Å²) in [6, 6.07) is 3.14. The number of amides is 1. The molecular weight excluding hydrogens is 371 g/mol. The average molecular weight is 389 g/mol. The first kappa shape index (κ1) is 17.2. The zero-order chi connectivity index (χ0) is 17.8. The van der Waals surface area contributed by atoms with Crippen molar-refractivity contribution in [3.05, 3.63) is 34.6 Å². The normalized spacial score (nSPS) is 29.8. The van der Waals surface area contributed by atoms with Crippen LogP contribution in [0.25, 0.3) is 0 Å². The number of halogens is 2. The summed E-state index contributed by atoms with van der Waals surface area (Å²) < 4.78 is 46.6. The van der Waals surface area contributed by atoms with Crippen LogP contribution in [0.5, 0.6) is 0 Å². The van der Waals surface area contributed by atoms with Crippen LogP contribution in [0.4, 0.5) is 4.39 Å². The SMILES string of the molecule is O=C1C[C@H]2N(S(=O)(=O)Cc3cc(F)ccc3Cl)CC[C@]23OCCCN13. The van der Waals surface area contributed by atoms with Gasteiger partial charge in [-0.25, -0.2) is 12.8 Å². The average Bonchev–Trinajstić information content (AvgIpc) is 3.03. The molecule has 0 unspecified atom stereocenters. The maximum absolute atomic E-state index is 13.4. The molecule has 3 saturated heterocycles. The molecule has 0 bridgehead atoms. The molecule has 1 aromatic rings. The topological polar surface area (TPSA) is 66.9 Å². The molecule has 3 heterocycles. The standard InChI is InChI=1S/C16H18ClFN2O4S/c17-13-3-2-12(18)8-11(13)10-25(22,23)20-6-4-16-14(20)9-15(21)19(16)5-1-7-24-16/h2-3,8,14H,1,4-7,9-10H2/t14-,16+/m1/s1. The lowest BCUT2D eigenvalue weighted by molar-refractivity contribution is -0.178. The Labute approximate surface area is 150 Å². The summed E-state index contributed by atoms with van der Waals surface area (Å²) in [5.41, 5.74) is -0.623. The van der Waals surface area contributed by atoms with Crippen molar-refractivity contribution in [2.75, 3.05) is 19.7 Å². The Hall–Kier alpha value is -1.22. The highest BCUT2D eigenvalue weighted by Gasteiger charge is 2.62. The number of sulfonamides is 1. The van der Waals surface area contributed by atoms with E-state index in [9.17, 15) is 17.6 Å². The molecule has 1 aromatic carbocycles. The molecule has 3 aliphatic rings. The van der Waals surface area contributed by atoms with Crippen LogP contribution in [-0.4, -0.2) is 55.0 Å². The van der Waals surface area contributed by atoms with Crippen molar-refractivity contribution >= 4 is 27.5 Å². The van der Waals surface area contributed by atoms with Gasteiger partial charge in [-0.15, -0.1) is 0 Å². The maximum Gasteiger partial charge on any atom is 0.226 e. The number of carbonyl (C=O) groups is 1. The fraction of sp³-hybridized carbons (Fsp3) is 0.562. The molecule has 3 aliphatic heterocycles. The minimum absolute atomic E-state index is 0.0756. The van der Waals surface area contributed by atoms with Crippen LogP contribution in [0.15, 0.2) is 18.2 Å². The molecule has 3 fully saturated rings. The molecule has 0 radical (unpaired) electrons. The van der Waals surface area contributed by atoms with Gasteiger partial charge in [0, 0.05) is 31.0 Å². The zero-order valence-electron chi connectivity index (χ0n) is 13.5. The van der Waals surface area contributed by atoms with Crippen LogP contribution in [-0.2, 0) is 25.3 Å². The lowest BCUT2D eigenvalue weighted by Gasteiger charge is -2.42. The smallest absolute Gasteiger partial charge is 0.226 e. The monoisotopic (exact) mass is 388 g/mol. The Morgan fingerprint density at radius 1 is 1.36 bits per heavy atom. The van der Waals surface area contributed by atoms with Crippen LogP contribution >= 0.6 is 11.6 Å². The lowest BCUT2D eigenvalue weighted by Crippen LogP contribution is -2.56. The van der Waals surface area contributed by atoms with E-state index in [1.54, 1.807) is 4.90 Å². The molecule has 6 nitrogen and oxygen atoms in total. The van der Waals surface area contributed by atoms with E-state index >= 15 is 0 Å². The van der Waals surface area contributed by atoms with Gasteiger partial charge in [-0.3, -0.25) is 4.79 Å². The van der Waals surface area contributed by atoms with Gasteiger partial charge in [0.1, 0.15) is 5.82 Å². The number of ether oxygens (including phenoxy) is 1. The molecule has 136 valence electrons. The number of benzene rings is 1. The Morgan fingerprint density at radius 2 is 2.16 bits per heavy atom. The van der Waals surface area contributed by atoms with Crippen molar-refractivity contribution in [1.29, 1.82) is 0 Å². The number of rotatable bonds is 3. The van der Waals surface area contributed by atoms with Crippen molar-refractivity contribution in [3.8, 4) is 0 Å². The first-order chi connectivity index (χ1) is 11.8. The molecule has 9 heteroatoms. The molecule has 0 saturated carbocycles. The summed E-state index contributed by atoms with van der Waals surface area (Å²) in [4.78, 5) is 14.0. The van der Waals surface area contributed by atoms with E-state index < -0.39 is 33.4 Å². The zero-order valence-corrected chi connectivity index (χ0v) is 15.0. The van der Waals surface area contributed by atoms with Crippen molar-refractivity contribution < 1.29 is 22.3 Å². The largest absolute Gasteiger partial charge is 0.354 e. The number of hydrogen-bond acceptors (Lipinski definition) is 4. The van der Waals surface area contributed by atoms with E-state index in [2.05, 4.69) is 0 Å². The van der Waals surface area contributed by atoms with Crippen LogP contribution in [0.3, 0.4) is 0 Å². The van der Waals surface area contributed by atoms with Gasteiger partial charge >= 0.3 is 0 Å². The third kappa shape index (κ3) is 2.66. The van der Waals surface area contributed by atoms with Crippen LogP contribution in [0.1, 0.15) is 24.8 Å². The van der Waals surface area contributed by atoms with Crippen molar-refractivity contribution in [2.45, 2.75) is 36.8 Å². The minimum atomic E-state index is -3.76. The highest BCUT2D eigenvalue weighted by molar-refractivity contribution is 7.88. The predicted octanol–water partition coefficient (Wildman–Crippen LogP) is 1.73. The maximum atomic E-state index is 13.4. The Morgan fingerprint density at radius 3 is 2.96 bits per heavy atom. The molecule has 25 heavy (non-hydrogen) atoms. The van der Waals surface area contributed by atoms with E-state index in [0.717, 1.165) is 12.5 Å². The minimum Gasteiger partial charge on any atom is -0.354 e. The van der Waals surface area contributed by atoms with Crippen LogP contribution in [0, 0.1) is 5.82 Å². The molecule has 1 amide bonds. The van der Waals surface area contributed by atoms with Gasteiger partial charge in [-0.1, -0.05) is 11.6 Å². The summed E-state index contributed by atoms with van der Waals surface area (Å²) in [6.07, 6.45) is 1.33. The lowest BCUT2D eigenvalue weighted by atomic mass is 10.0. The molecule has 0 aromatic heterocycles. The Bertz CT molecular complexity index is 833. The number of nitrogens with zero attached hydrogens (tertiary/aromatic N) is 2. The van der Waals surface area contributed by atoms with Gasteiger partial charge in [0.15, 0.2) is 5.72 Å². The van der Waals surface area contributed by atoms with E-state index in [4.69, 9.17) is 16.3 Å². The van der Waals surface area contributed by atoms with Gasteiger partial charge < -0.3 is 9.64 Å². The number of hydrogen-bond donors (Lipinski definition) is 0. The second-order valence-corrected chi connectivity index (χ2v) is 8.99. The second-order valence-electron chi connectivity index (χ2n) is 6.66. The van der Waals surface area contributed by atoms with Gasteiger partial charge in [-0.05, 0) is 30.2 Å². The van der Waals surface area contributed by atoms with Crippen molar-refractivity contribution in [3.63, 3.8) is 0 Å². The van der Waals surface area contributed by atoms with E-state index in [1.165, 1.54) is 16.4 Å². The van der Waals surface area contributed by atoms with E-state index in [-0.39, 0.29) is 29.5 Å². The molecule has 1 spiro atoms. The van der Waals surface area contributed by atoms with Gasteiger partial charge in [0.25, 0.3) is 0 Å². The van der Waals surface area contributed by atoms with Crippen molar-refractivity contribution in [2.24, 2.45) is 0 Å². The van der Waals surface area contributed by atoms with Gasteiger partial charge in [-0.2, -0.15) is 4.31 Å².